The number of hydrogen-bond donors (Lipinski definition) is 1. The number of nitrogens with one attached hydrogen (secondary N) is 1. The molecule has 2 fully saturated rings. The lowest BCUT2D eigenvalue weighted by atomic mass is 10.00. The molecule has 0 unspecified atom stereocenters. The highest BCUT2D eigenvalue weighted by molar-refractivity contribution is 5.78. The van der Waals surface area contributed by atoms with Crippen molar-refractivity contribution in [3.05, 3.63) is 18.7 Å². The lowest BCUT2D eigenvalue weighted by Crippen LogP contribution is -2.52. The Morgan fingerprint density at radius 1 is 1.48 bits per heavy atom. The quantitative estimate of drug-likeness (QED) is 0.836. The zero-order valence-electron chi connectivity index (χ0n) is 12.9. The molecule has 0 saturated carbocycles. The van der Waals surface area contributed by atoms with E-state index in [2.05, 4.69) is 25.4 Å². The van der Waals surface area contributed by atoms with Crippen molar-refractivity contribution in [2.45, 2.75) is 18.5 Å². The molecular weight excluding hydrogens is 298 g/mol. The first-order valence-electron chi connectivity index (χ1n) is 7.73. The molecule has 9 nitrogen and oxygen atoms in total. The third-order valence-electron chi connectivity index (χ3n) is 4.58. The first-order valence-corrected chi connectivity index (χ1v) is 7.73. The van der Waals surface area contributed by atoms with Crippen molar-refractivity contribution >= 4 is 17.5 Å². The molecule has 9 heteroatoms. The summed E-state index contributed by atoms with van der Waals surface area (Å²) < 4.78 is 6.96. The van der Waals surface area contributed by atoms with Crippen molar-refractivity contribution in [2.24, 2.45) is 0 Å². The number of rotatable bonds is 4. The second-order valence-electron chi connectivity index (χ2n) is 5.86. The van der Waals surface area contributed by atoms with Crippen LogP contribution in [0.1, 0.15) is 6.42 Å². The molecule has 2 aliphatic rings. The van der Waals surface area contributed by atoms with Crippen molar-refractivity contribution in [3.63, 3.8) is 0 Å². The van der Waals surface area contributed by atoms with Crippen LogP contribution in [0.4, 0.5) is 10.6 Å². The fourth-order valence-corrected chi connectivity index (χ4v) is 3.46. The maximum atomic E-state index is 12.2. The van der Waals surface area contributed by atoms with Crippen LogP contribution in [-0.4, -0.2) is 75.9 Å². The zero-order chi connectivity index (χ0) is 15.8. The van der Waals surface area contributed by atoms with Gasteiger partial charge in [-0.15, -0.1) is 10.2 Å². The number of piperidine rings is 1. The second kappa shape index (κ2) is 5.65. The fraction of sp³-hybridized carbons (Fsp3) is 0.571. The molecule has 4 heterocycles. The molecule has 23 heavy (non-hydrogen) atoms. The van der Waals surface area contributed by atoms with Crippen molar-refractivity contribution < 1.29 is 9.53 Å². The fourth-order valence-electron chi connectivity index (χ4n) is 3.46. The Bertz CT molecular complexity index is 718. The molecule has 0 bridgehead atoms. The number of ether oxygens (including phenoxy) is 1. The Morgan fingerprint density at radius 3 is 3.26 bits per heavy atom. The van der Waals surface area contributed by atoms with E-state index in [1.165, 1.54) is 0 Å². The highest BCUT2D eigenvalue weighted by Crippen LogP contribution is 2.26. The predicted octanol–water partition coefficient (Wildman–Crippen LogP) is -0.257. The molecule has 0 aliphatic carbocycles. The number of nitrogens with zero attached hydrogens (tertiary/aromatic N) is 6. The van der Waals surface area contributed by atoms with E-state index >= 15 is 0 Å². The zero-order valence-corrected chi connectivity index (χ0v) is 12.9. The normalized spacial score (nSPS) is 24.1. The van der Waals surface area contributed by atoms with Gasteiger partial charge < -0.3 is 19.9 Å². The number of hydrogen-bond acceptors (Lipinski definition) is 6. The number of anilines is 1. The summed E-state index contributed by atoms with van der Waals surface area (Å²) in [5.74, 6) is 0.813. The molecule has 0 spiro atoms. The van der Waals surface area contributed by atoms with Gasteiger partial charge >= 0.3 is 6.03 Å². The third-order valence-corrected chi connectivity index (χ3v) is 4.58. The second-order valence-corrected chi connectivity index (χ2v) is 5.86. The van der Waals surface area contributed by atoms with E-state index in [1.54, 1.807) is 19.6 Å². The summed E-state index contributed by atoms with van der Waals surface area (Å²) in [4.78, 5) is 20.7. The van der Waals surface area contributed by atoms with Gasteiger partial charge in [0.1, 0.15) is 6.33 Å². The van der Waals surface area contributed by atoms with Gasteiger partial charge in [0, 0.05) is 39.1 Å². The molecule has 0 radical (unpaired) electrons. The highest BCUT2D eigenvalue weighted by atomic mass is 16.5. The standard InChI is InChI=1S/C14H19N7O2/c1-23-7-6-21-11-2-4-19(8-10(11)17-14(21)22)12-13-18-16-9-20(13)5-3-15-12/h3,5,9-11H,2,4,6-8H2,1H3,(H,17,22)/t10-,11+/m1/s1. The molecule has 0 aromatic carbocycles. The van der Waals surface area contributed by atoms with Crippen LogP contribution in [0.25, 0.3) is 5.65 Å². The summed E-state index contributed by atoms with van der Waals surface area (Å²) in [6.45, 7) is 2.74. The van der Waals surface area contributed by atoms with Crippen LogP contribution < -0.4 is 10.2 Å². The van der Waals surface area contributed by atoms with Gasteiger partial charge in [-0.25, -0.2) is 9.78 Å². The highest BCUT2D eigenvalue weighted by Gasteiger charge is 2.42. The average Bonchev–Trinajstić information content (AvgIpc) is 3.15. The number of urea groups is 1. The van der Waals surface area contributed by atoms with E-state index in [0.717, 1.165) is 31.0 Å². The maximum Gasteiger partial charge on any atom is 0.318 e. The van der Waals surface area contributed by atoms with Crippen LogP contribution >= 0.6 is 0 Å². The molecule has 4 rings (SSSR count). The van der Waals surface area contributed by atoms with Crippen molar-refractivity contribution in [1.82, 2.24) is 29.8 Å². The van der Waals surface area contributed by atoms with Crippen LogP contribution in [0.3, 0.4) is 0 Å². The van der Waals surface area contributed by atoms with Crippen LogP contribution in [-0.2, 0) is 4.74 Å². The summed E-state index contributed by atoms with van der Waals surface area (Å²) in [5.41, 5.74) is 0.742. The first-order chi connectivity index (χ1) is 11.3. The van der Waals surface area contributed by atoms with Gasteiger partial charge in [0.2, 0.25) is 5.65 Å². The number of methoxy groups -OCH3 is 1. The number of carbonyl (C=O) groups excluding carboxylic acids is 1. The minimum absolute atomic E-state index is 0.00690. The summed E-state index contributed by atoms with van der Waals surface area (Å²) >= 11 is 0. The van der Waals surface area contributed by atoms with Crippen LogP contribution in [0.5, 0.6) is 0 Å². The maximum absolute atomic E-state index is 12.2. The molecule has 2 aliphatic heterocycles. The molecular formula is C14H19N7O2. The third kappa shape index (κ3) is 2.37. The van der Waals surface area contributed by atoms with Crippen molar-refractivity contribution in [3.8, 4) is 0 Å². The molecule has 2 saturated heterocycles. The Kier molecular flexibility index (Phi) is 3.49. The first kappa shape index (κ1) is 14.2. The molecule has 122 valence electrons. The molecule has 2 aromatic heterocycles. The van der Waals surface area contributed by atoms with Gasteiger partial charge in [-0.2, -0.15) is 0 Å². The summed E-state index contributed by atoms with van der Waals surface area (Å²) in [6, 6.07) is 0.303. The Labute approximate surface area is 133 Å². The summed E-state index contributed by atoms with van der Waals surface area (Å²) in [7, 11) is 1.65. The smallest absolute Gasteiger partial charge is 0.318 e. The van der Waals surface area contributed by atoms with Gasteiger partial charge in [0.15, 0.2) is 5.82 Å². The Hall–Kier alpha value is -2.42. The van der Waals surface area contributed by atoms with E-state index < -0.39 is 0 Å². The van der Waals surface area contributed by atoms with E-state index in [0.29, 0.717) is 13.2 Å². The van der Waals surface area contributed by atoms with Crippen LogP contribution in [0.15, 0.2) is 18.7 Å². The Balaban J connectivity index is 1.54. The van der Waals surface area contributed by atoms with Crippen molar-refractivity contribution in [1.29, 1.82) is 0 Å². The van der Waals surface area contributed by atoms with E-state index in [-0.39, 0.29) is 18.1 Å². The summed E-state index contributed by atoms with van der Waals surface area (Å²) in [5, 5.41) is 11.2. The van der Waals surface area contributed by atoms with Crippen LogP contribution in [0.2, 0.25) is 0 Å². The number of amides is 2. The number of aromatic nitrogens is 4. The molecule has 2 atom stereocenters. The van der Waals surface area contributed by atoms with Gasteiger partial charge in [-0.05, 0) is 6.42 Å². The average molecular weight is 317 g/mol. The lowest BCUT2D eigenvalue weighted by Gasteiger charge is -2.37. The minimum Gasteiger partial charge on any atom is -0.383 e. The topological polar surface area (TPSA) is 87.9 Å². The largest absolute Gasteiger partial charge is 0.383 e. The molecule has 1 N–H and O–H groups in total. The number of fused-ring (bicyclic) bond motifs is 2. The molecule has 2 amide bonds. The van der Waals surface area contributed by atoms with E-state index in [9.17, 15) is 4.79 Å². The summed E-state index contributed by atoms with van der Waals surface area (Å²) in [6.07, 6.45) is 6.13. The van der Waals surface area contributed by atoms with Gasteiger partial charge in [-0.1, -0.05) is 0 Å². The van der Waals surface area contributed by atoms with Gasteiger partial charge in [0.05, 0.1) is 18.7 Å². The van der Waals surface area contributed by atoms with E-state index in [1.807, 2.05) is 15.5 Å². The van der Waals surface area contributed by atoms with Gasteiger partial charge in [0.25, 0.3) is 0 Å². The van der Waals surface area contributed by atoms with Gasteiger partial charge in [-0.3, -0.25) is 4.40 Å². The van der Waals surface area contributed by atoms with E-state index in [4.69, 9.17) is 4.74 Å². The Morgan fingerprint density at radius 2 is 2.39 bits per heavy atom. The van der Waals surface area contributed by atoms with Crippen LogP contribution in [0, 0.1) is 0 Å². The predicted molar refractivity (Wildman–Crippen MR) is 82.3 cm³/mol. The minimum atomic E-state index is -0.00690. The van der Waals surface area contributed by atoms with Crippen molar-refractivity contribution in [2.75, 3.05) is 38.3 Å². The number of carbonyl (C=O) groups is 1. The SMILES string of the molecule is COCCN1C(=O)N[C@@H]2CN(c3nccn4cnnc34)CC[C@@H]21. The lowest BCUT2D eigenvalue weighted by molar-refractivity contribution is 0.140. The monoisotopic (exact) mass is 317 g/mol. The molecule has 2 aromatic rings.